The molecule has 12 heteroatoms. The molecule has 3 aliphatic rings. The van der Waals surface area contributed by atoms with Gasteiger partial charge in [-0.15, -0.1) is 0 Å². The number of esters is 1. The number of nitrogens with one attached hydrogen (secondary N) is 1. The number of hydrogen-bond acceptors (Lipinski definition) is 10. The van der Waals surface area contributed by atoms with Crippen molar-refractivity contribution in [3.63, 3.8) is 0 Å². The van der Waals surface area contributed by atoms with Crippen molar-refractivity contribution in [1.82, 2.24) is 10.2 Å². The molecule has 49 heavy (non-hydrogen) atoms. The van der Waals surface area contributed by atoms with Gasteiger partial charge >= 0.3 is 5.97 Å². The number of nitrogens with zero attached hydrogens (tertiary/aromatic N) is 2. The summed E-state index contributed by atoms with van der Waals surface area (Å²) in [7, 11) is 6.59. The van der Waals surface area contributed by atoms with Crippen LogP contribution < -0.4 is 15.0 Å². The first kappa shape index (κ1) is 38.7. The zero-order valence-electron chi connectivity index (χ0n) is 30.5. The van der Waals surface area contributed by atoms with Crippen molar-refractivity contribution in [2.45, 2.75) is 103 Å². The summed E-state index contributed by atoms with van der Waals surface area (Å²) < 4.78 is 30.0. The van der Waals surface area contributed by atoms with E-state index in [1.807, 2.05) is 57.0 Å². The molecule has 0 spiro atoms. The molecular weight excluding hydrogens is 650 g/mol. The summed E-state index contributed by atoms with van der Waals surface area (Å²) in [4.78, 5) is 31.1. The van der Waals surface area contributed by atoms with E-state index in [9.17, 15) is 14.7 Å². The molecule has 2 N–H and O–H groups in total. The van der Waals surface area contributed by atoms with Gasteiger partial charge < -0.3 is 39.0 Å². The lowest BCUT2D eigenvalue weighted by atomic mass is 9.83. The molecule has 4 bridgehead atoms. The fourth-order valence-electron chi connectivity index (χ4n) is 6.87. The van der Waals surface area contributed by atoms with E-state index in [1.54, 1.807) is 20.0 Å². The van der Waals surface area contributed by atoms with Crippen LogP contribution in [0, 0.1) is 11.8 Å². The smallest absolute Gasteiger partial charge is 0.323 e. The molecule has 0 aliphatic carbocycles. The minimum absolute atomic E-state index is 0.155. The van der Waals surface area contributed by atoms with E-state index in [2.05, 4.69) is 25.7 Å². The molecule has 2 fully saturated rings. The van der Waals surface area contributed by atoms with Crippen molar-refractivity contribution in [2.24, 2.45) is 11.8 Å². The van der Waals surface area contributed by atoms with Crippen LogP contribution in [0.3, 0.4) is 0 Å². The number of carbonyl (C=O) groups is 2. The number of allylic oxidation sites excluding steroid dienone is 3. The summed E-state index contributed by atoms with van der Waals surface area (Å²) in [5.74, 6) is -0.0975. The molecule has 0 saturated carbocycles. The van der Waals surface area contributed by atoms with E-state index < -0.39 is 47.8 Å². The maximum Gasteiger partial charge on any atom is 0.323 e. The predicted octanol–water partition coefficient (Wildman–Crippen LogP) is 5.00. The summed E-state index contributed by atoms with van der Waals surface area (Å²) in [5, 5.41) is 15.1. The first-order chi connectivity index (χ1) is 22.9. The van der Waals surface area contributed by atoms with Gasteiger partial charge in [0.25, 0.3) is 0 Å². The number of fused-ring (bicyclic) bond motifs is 5. The number of likely N-dealkylation sites (N-methyl/N-ethyl adjacent to an activating group) is 1. The van der Waals surface area contributed by atoms with Gasteiger partial charge in [-0.05, 0) is 64.4 Å². The Bertz CT molecular complexity index is 1460. The van der Waals surface area contributed by atoms with E-state index in [-0.39, 0.29) is 30.5 Å². The average molecular weight is 704 g/mol. The van der Waals surface area contributed by atoms with Gasteiger partial charge in [-0.25, -0.2) is 0 Å². The van der Waals surface area contributed by atoms with Crippen LogP contribution in [-0.2, 0) is 35.0 Å². The second kappa shape index (κ2) is 15.4. The molecule has 11 nitrogen and oxygen atoms in total. The lowest BCUT2D eigenvalue weighted by Gasteiger charge is -2.44. The highest BCUT2D eigenvalue weighted by Gasteiger charge is 2.64. The second-order valence-corrected chi connectivity index (χ2v) is 14.7. The summed E-state index contributed by atoms with van der Waals surface area (Å²) >= 11 is 6.77. The third kappa shape index (κ3) is 8.63. The topological polar surface area (TPSA) is 122 Å². The zero-order valence-corrected chi connectivity index (χ0v) is 31.3. The maximum absolute atomic E-state index is 14.1. The third-order valence-electron chi connectivity index (χ3n) is 9.94. The minimum Gasteiger partial charge on any atom is -0.495 e. The Hall–Kier alpha value is -3.09. The van der Waals surface area contributed by atoms with Crippen LogP contribution in [0.1, 0.15) is 59.9 Å². The Morgan fingerprint density at radius 3 is 2.61 bits per heavy atom. The van der Waals surface area contributed by atoms with Gasteiger partial charge in [0.05, 0.1) is 25.3 Å². The van der Waals surface area contributed by atoms with Crippen molar-refractivity contribution in [1.29, 1.82) is 0 Å². The summed E-state index contributed by atoms with van der Waals surface area (Å²) in [5.41, 5.74) is -0.208. The SMILES string of the molecule is C=C1N[C@]2(O)C[C@H](O1)[C@@H](C)[C@@H]1O[C@@]1(C)[C@@H](OC(=O)[C@H](C)N(C)CC(C)C)CC(=O)N(C)c1cc(cc(OC)c1Cl)C/C(C)=C/C=C/[C@H]2OC. The quantitative estimate of drug-likeness (QED) is 0.297. The lowest BCUT2D eigenvalue weighted by molar-refractivity contribution is -0.159. The van der Waals surface area contributed by atoms with E-state index in [0.717, 1.165) is 11.1 Å². The van der Waals surface area contributed by atoms with E-state index in [4.69, 9.17) is 35.3 Å². The molecule has 0 aromatic heterocycles. The number of benzene rings is 1. The number of anilines is 1. The Balaban J connectivity index is 1.78. The van der Waals surface area contributed by atoms with Crippen LogP contribution in [0.25, 0.3) is 0 Å². The van der Waals surface area contributed by atoms with Gasteiger partial charge in [0.2, 0.25) is 5.91 Å². The molecule has 2 saturated heterocycles. The van der Waals surface area contributed by atoms with Gasteiger partial charge in [-0.2, -0.15) is 0 Å². The first-order valence-electron chi connectivity index (χ1n) is 16.9. The van der Waals surface area contributed by atoms with Gasteiger partial charge in [-0.1, -0.05) is 56.2 Å². The zero-order chi connectivity index (χ0) is 36.4. The van der Waals surface area contributed by atoms with Gasteiger partial charge in [0.15, 0.2) is 11.6 Å². The van der Waals surface area contributed by atoms with Crippen molar-refractivity contribution in [3.8, 4) is 5.75 Å². The fraction of sp³-hybridized carbons (Fsp3) is 0.622. The highest BCUT2D eigenvalue weighted by molar-refractivity contribution is 6.35. The number of rotatable bonds is 7. The van der Waals surface area contributed by atoms with Crippen molar-refractivity contribution >= 4 is 29.2 Å². The van der Waals surface area contributed by atoms with Crippen molar-refractivity contribution in [3.05, 3.63) is 59.0 Å². The molecule has 3 aliphatic heterocycles. The van der Waals surface area contributed by atoms with Crippen molar-refractivity contribution in [2.75, 3.05) is 39.8 Å². The average Bonchev–Trinajstić information content (AvgIpc) is 3.73. The number of epoxide rings is 1. The maximum atomic E-state index is 14.1. The van der Waals surface area contributed by atoms with Crippen LogP contribution in [-0.4, -0.2) is 98.5 Å². The third-order valence-corrected chi connectivity index (χ3v) is 10.3. The number of hydrogen-bond donors (Lipinski definition) is 2. The van der Waals surface area contributed by atoms with Crippen LogP contribution in [0.2, 0.25) is 5.02 Å². The number of amides is 1. The van der Waals surface area contributed by atoms with Crippen LogP contribution >= 0.6 is 11.6 Å². The summed E-state index contributed by atoms with van der Waals surface area (Å²) in [6.45, 7) is 16.4. The number of carbonyl (C=O) groups excluding carboxylic acids is 2. The molecule has 0 unspecified atom stereocenters. The summed E-state index contributed by atoms with van der Waals surface area (Å²) in [6.07, 6.45) is 3.42. The van der Waals surface area contributed by atoms with Crippen LogP contribution in [0.5, 0.6) is 5.75 Å². The molecule has 1 aromatic rings. The molecule has 4 rings (SSSR count). The Morgan fingerprint density at radius 1 is 1.29 bits per heavy atom. The van der Waals surface area contributed by atoms with Crippen LogP contribution in [0.4, 0.5) is 5.69 Å². The molecule has 8 atom stereocenters. The Morgan fingerprint density at radius 2 is 1.98 bits per heavy atom. The largest absolute Gasteiger partial charge is 0.495 e. The van der Waals surface area contributed by atoms with E-state index >= 15 is 0 Å². The van der Waals surface area contributed by atoms with Gasteiger partial charge in [0.1, 0.15) is 40.7 Å². The fourth-order valence-corrected chi connectivity index (χ4v) is 7.18. The van der Waals surface area contributed by atoms with Crippen LogP contribution in [0.15, 0.2) is 48.4 Å². The lowest BCUT2D eigenvalue weighted by Crippen LogP contribution is -2.60. The molecule has 1 aromatic carbocycles. The van der Waals surface area contributed by atoms with E-state index in [1.165, 1.54) is 19.1 Å². The van der Waals surface area contributed by atoms with E-state index in [0.29, 0.717) is 35.3 Å². The normalized spacial score (nSPS) is 33.1. The second-order valence-electron chi connectivity index (χ2n) is 14.4. The van der Waals surface area contributed by atoms with Crippen molar-refractivity contribution < 1.29 is 38.4 Å². The monoisotopic (exact) mass is 703 g/mol. The summed E-state index contributed by atoms with van der Waals surface area (Å²) in [6, 6.07) is 3.15. The standard InChI is InChI=1S/C37H54ClN3O8/c1-21(2)20-40(8)24(5)35(43)48-31-18-32(42)41(9)27-16-26(17-28(45-10)33(27)38)15-22(3)13-12-14-30(46-11)37(44)19-29(47-25(6)39-37)23(4)34-36(31,7)49-34/h12-14,16-17,21,23-24,29-31,34,39,44H,6,15,18-20H2,1-5,7-11H3/b14-12+,22-13+/t23-,24+,29+,30-,31+,34+,36+,37+/m1/s1. The predicted molar refractivity (Wildman–Crippen MR) is 189 cm³/mol. The molecule has 1 amide bonds. The van der Waals surface area contributed by atoms with Gasteiger partial charge in [-0.3, -0.25) is 14.5 Å². The van der Waals surface area contributed by atoms with Gasteiger partial charge in [0, 0.05) is 33.0 Å². The number of methoxy groups -OCH3 is 2. The number of aliphatic hydroxyl groups is 1. The highest BCUT2D eigenvalue weighted by Crippen LogP contribution is 2.49. The molecule has 3 heterocycles. The Kier molecular flexibility index (Phi) is 12.2. The Labute approximate surface area is 296 Å². The number of halogens is 1. The first-order valence-corrected chi connectivity index (χ1v) is 17.3. The molecule has 0 radical (unpaired) electrons. The minimum atomic E-state index is -1.53. The molecular formula is C37H54ClN3O8. The molecule has 272 valence electrons. The number of ether oxygens (including phenoxy) is 5. The highest BCUT2D eigenvalue weighted by atomic mass is 35.5.